The minimum atomic E-state index is -0.777. The van der Waals surface area contributed by atoms with E-state index in [-0.39, 0.29) is 5.56 Å². The molecule has 0 fully saturated rings. The van der Waals surface area contributed by atoms with E-state index in [0.29, 0.717) is 23.4 Å². The molecule has 3 rings (SSSR count). The molecule has 1 heterocycles. The van der Waals surface area contributed by atoms with Gasteiger partial charge in [0, 0.05) is 18.1 Å². The van der Waals surface area contributed by atoms with Crippen LogP contribution in [0.2, 0.25) is 0 Å². The molecule has 5 heteroatoms. The molecule has 0 aliphatic heterocycles. The molecule has 0 aliphatic carbocycles. The van der Waals surface area contributed by atoms with Crippen molar-refractivity contribution in [3.8, 4) is 11.4 Å². The number of hydrogen-bond donors (Lipinski definition) is 1. The van der Waals surface area contributed by atoms with Crippen LogP contribution in [0.1, 0.15) is 16.8 Å². The zero-order valence-corrected chi connectivity index (χ0v) is 12.5. The highest BCUT2D eigenvalue weighted by Gasteiger charge is 2.11. The monoisotopic (exact) mass is 310 g/mol. The first kappa shape index (κ1) is 15.0. The van der Waals surface area contributed by atoms with Gasteiger partial charge in [-0.15, -0.1) is 0 Å². The molecule has 4 nitrogen and oxygen atoms in total. The Labute approximate surface area is 132 Å². The Bertz CT molecular complexity index is 905. The van der Waals surface area contributed by atoms with E-state index in [9.17, 15) is 14.3 Å². The molecule has 23 heavy (non-hydrogen) atoms. The molecule has 0 saturated heterocycles. The third-order valence-electron chi connectivity index (χ3n) is 3.73. The SMILES string of the molecule is Cc1c(Cc2ccccc2)ncn(-c2ccc(O)c(F)c2)c1=O. The van der Waals surface area contributed by atoms with E-state index < -0.39 is 11.6 Å². The quantitative estimate of drug-likeness (QED) is 0.809. The van der Waals surface area contributed by atoms with Gasteiger partial charge in [0.15, 0.2) is 11.6 Å². The van der Waals surface area contributed by atoms with Gasteiger partial charge in [0.05, 0.1) is 11.4 Å². The van der Waals surface area contributed by atoms with E-state index in [2.05, 4.69) is 4.98 Å². The minimum absolute atomic E-state index is 0.254. The Morgan fingerprint density at radius 1 is 1.17 bits per heavy atom. The maximum Gasteiger partial charge on any atom is 0.261 e. The molecule has 0 bridgehead atoms. The van der Waals surface area contributed by atoms with Crippen molar-refractivity contribution in [2.45, 2.75) is 13.3 Å². The van der Waals surface area contributed by atoms with Gasteiger partial charge in [-0.3, -0.25) is 9.36 Å². The standard InChI is InChI=1S/C18H15FN2O2/c1-12-16(9-13-5-3-2-4-6-13)20-11-21(18(12)23)14-7-8-17(22)15(19)10-14/h2-8,10-11,22H,9H2,1H3. The third kappa shape index (κ3) is 2.99. The molecule has 3 aromatic rings. The third-order valence-corrected chi connectivity index (χ3v) is 3.73. The van der Waals surface area contributed by atoms with Gasteiger partial charge in [-0.25, -0.2) is 9.37 Å². The van der Waals surface area contributed by atoms with Crippen LogP contribution in [0, 0.1) is 12.7 Å². The van der Waals surface area contributed by atoms with Crippen LogP contribution < -0.4 is 5.56 Å². The van der Waals surface area contributed by atoms with Gasteiger partial charge in [-0.2, -0.15) is 0 Å². The summed E-state index contributed by atoms with van der Waals surface area (Å²) in [7, 11) is 0. The Kier molecular flexibility index (Phi) is 3.93. The average molecular weight is 310 g/mol. The van der Waals surface area contributed by atoms with Crippen molar-refractivity contribution in [2.24, 2.45) is 0 Å². The lowest BCUT2D eigenvalue weighted by atomic mass is 10.1. The van der Waals surface area contributed by atoms with E-state index in [4.69, 9.17) is 0 Å². The van der Waals surface area contributed by atoms with Crippen LogP contribution in [0.25, 0.3) is 5.69 Å². The van der Waals surface area contributed by atoms with Crippen LogP contribution >= 0.6 is 0 Å². The fourth-order valence-electron chi connectivity index (χ4n) is 2.38. The van der Waals surface area contributed by atoms with Gasteiger partial charge >= 0.3 is 0 Å². The molecule has 0 spiro atoms. The summed E-state index contributed by atoms with van der Waals surface area (Å²) in [5.74, 6) is -1.23. The Hall–Kier alpha value is -2.95. The fraction of sp³-hybridized carbons (Fsp3) is 0.111. The topological polar surface area (TPSA) is 55.1 Å². The van der Waals surface area contributed by atoms with Gasteiger partial charge in [0.2, 0.25) is 0 Å². The second-order valence-electron chi connectivity index (χ2n) is 5.29. The lowest BCUT2D eigenvalue weighted by molar-refractivity contribution is 0.432. The van der Waals surface area contributed by atoms with Crippen molar-refractivity contribution >= 4 is 0 Å². The molecule has 0 amide bonds. The fourth-order valence-corrected chi connectivity index (χ4v) is 2.38. The largest absolute Gasteiger partial charge is 0.505 e. The average Bonchev–Trinajstić information content (AvgIpc) is 2.56. The van der Waals surface area contributed by atoms with E-state index in [1.54, 1.807) is 6.92 Å². The van der Waals surface area contributed by atoms with Crippen molar-refractivity contribution in [3.05, 3.63) is 87.9 Å². The van der Waals surface area contributed by atoms with E-state index in [1.807, 2.05) is 30.3 Å². The lowest BCUT2D eigenvalue weighted by Gasteiger charge is -2.10. The van der Waals surface area contributed by atoms with Gasteiger partial charge in [0.25, 0.3) is 5.56 Å². The van der Waals surface area contributed by atoms with E-state index in [0.717, 1.165) is 11.6 Å². The van der Waals surface area contributed by atoms with Crippen LogP contribution in [-0.4, -0.2) is 14.7 Å². The van der Waals surface area contributed by atoms with E-state index in [1.165, 1.54) is 23.0 Å². The molecular formula is C18H15FN2O2. The summed E-state index contributed by atoms with van der Waals surface area (Å²) in [6.45, 7) is 1.71. The number of aromatic hydroxyl groups is 1. The minimum Gasteiger partial charge on any atom is -0.505 e. The Morgan fingerprint density at radius 2 is 1.91 bits per heavy atom. The highest BCUT2D eigenvalue weighted by atomic mass is 19.1. The zero-order chi connectivity index (χ0) is 16.4. The van der Waals surface area contributed by atoms with Crippen molar-refractivity contribution in [1.29, 1.82) is 0 Å². The molecule has 0 saturated carbocycles. The Morgan fingerprint density at radius 3 is 2.61 bits per heavy atom. The number of phenolic OH excluding ortho intramolecular Hbond substituents is 1. The maximum atomic E-state index is 13.5. The molecule has 1 aromatic heterocycles. The molecule has 0 atom stereocenters. The summed E-state index contributed by atoms with van der Waals surface area (Å²) in [5, 5.41) is 9.24. The smallest absolute Gasteiger partial charge is 0.261 e. The van der Waals surface area contributed by atoms with Crippen LogP contribution in [-0.2, 0) is 6.42 Å². The van der Waals surface area contributed by atoms with Crippen LogP contribution in [0.15, 0.2) is 59.7 Å². The lowest BCUT2D eigenvalue weighted by Crippen LogP contribution is -2.23. The number of nitrogens with zero attached hydrogens (tertiary/aromatic N) is 2. The summed E-state index contributed by atoms with van der Waals surface area (Å²) in [6, 6.07) is 13.5. The van der Waals surface area contributed by atoms with Crippen LogP contribution in [0.4, 0.5) is 4.39 Å². The maximum absolute atomic E-state index is 13.5. The van der Waals surface area contributed by atoms with Gasteiger partial charge in [-0.1, -0.05) is 30.3 Å². The second-order valence-corrected chi connectivity index (χ2v) is 5.29. The summed E-state index contributed by atoms with van der Waals surface area (Å²) < 4.78 is 14.7. The van der Waals surface area contributed by atoms with Gasteiger partial charge in [-0.05, 0) is 24.6 Å². The highest BCUT2D eigenvalue weighted by Crippen LogP contribution is 2.18. The van der Waals surface area contributed by atoms with Crippen LogP contribution in [0.5, 0.6) is 5.75 Å². The molecule has 2 aromatic carbocycles. The van der Waals surface area contributed by atoms with Crippen molar-refractivity contribution in [1.82, 2.24) is 9.55 Å². The molecule has 0 radical (unpaired) electrons. The second kappa shape index (κ2) is 6.04. The number of phenols is 1. The van der Waals surface area contributed by atoms with Crippen LogP contribution in [0.3, 0.4) is 0 Å². The highest BCUT2D eigenvalue weighted by molar-refractivity contribution is 5.39. The number of hydrogen-bond acceptors (Lipinski definition) is 3. The Balaban J connectivity index is 2.00. The molecule has 1 N–H and O–H groups in total. The molecule has 116 valence electrons. The number of rotatable bonds is 3. The number of halogens is 1. The number of aromatic nitrogens is 2. The summed E-state index contributed by atoms with van der Waals surface area (Å²) in [6.07, 6.45) is 1.95. The van der Waals surface area contributed by atoms with Crippen molar-refractivity contribution in [2.75, 3.05) is 0 Å². The predicted molar refractivity (Wildman–Crippen MR) is 85.4 cm³/mol. The van der Waals surface area contributed by atoms with E-state index >= 15 is 0 Å². The summed E-state index contributed by atoms with van der Waals surface area (Å²) >= 11 is 0. The molecular weight excluding hydrogens is 295 g/mol. The normalized spacial score (nSPS) is 10.7. The molecule has 0 aliphatic rings. The zero-order valence-electron chi connectivity index (χ0n) is 12.5. The summed E-state index contributed by atoms with van der Waals surface area (Å²) in [5.41, 5.74) is 2.35. The molecule has 0 unspecified atom stereocenters. The number of benzene rings is 2. The first-order valence-corrected chi connectivity index (χ1v) is 7.16. The first-order valence-electron chi connectivity index (χ1n) is 7.16. The van der Waals surface area contributed by atoms with Crippen molar-refractivity contribution in [3.63, 3.8) is 0 Å². The van der Waals surface area contributed by atoms with Crippen molar-refractivity contribution < 1.29 is 9.50 Å². The summed E-state index contributed by atoms with van der Waals surface area (Å²) in [4.78, 5) is 16.9. The van der Waals surface area contributed by atoms with Gasteiger partial charge < -0.3 is 5.11 Å². The first-order chi connectivity index (χ1) is 11.1. The predicted octanol–water partition coefficient (Wildman–Crippen LogP) is 2.98. The van der Waals surface area contributed by atoms with Gasteiger partial charge in [0.1, 0.15) is 6.33 Å².